The predicted octanol–water partition coefficient (Wildman–Crippen LogP) is 3.39. The highest BCUT2D eigenvalue weighted by Crippen LogP contribution is 2.31. The first-order valence-corrected chi connectivity index (χ1v) is 13.9. The van der Waals surface area contributed by atoms with Crippen LogP contribution in [0.2, 0.25) is 0 Å². The van der Waals surface area contributed by atoms with E-state index < -0.39 is 23.8 Å². The van der Waals surface area contributed by atoms with E-state index in [-0.39, 0.29) is 24.8 Å². The molecule has 8 heteroatoms. The summed E-state index contributed by atoms with van der Waals surface area (Å²) in [5.74, 6) is -1.91. The van der Waals surface area contributed by atoms with Crippen LogP contribution >= 0.6 is 0 Å². The average molecular weight is 537 g/mol. The Morgan fingerprint density at radius 3 is 2.10 bits per heavy atom. The lowest BCUT2D eigenvalue weighted by molar-refractivity contribution is -0.136. The van der Waals surface area contributed by atoms with E-state index in [1.165, 1.54) is 11.1 Å². The second-order valence-electron chi connectivity index (χ2n) is 10.7. The van der Waals surface area contributed by atoms with Crippen molar-refractivity contribution in [3.63, 3.8) is 0 Å². The van der Waals surface area contributed by atoms with Crippen molar-refractivity contribution in [1.29, 1.82) is 0 Å². The third-order valence-corrected chi connectivity index (χ3v) is 8.13. The molecule has 1 N–H and O–H groups in total. The number of hydrogen-bond donors (Lipinski definition) is 1. The molecular weight excluding hydrogens is 504 g/mol. The van der Waals surface area contributed by atoms with Crippen LogP contribution in [0.15, 0.2) is 78.9 Å². The highest BCUT2D eigenvalue weighted by Gasteiger charge is 2.44. The first-order valence-electron chi connectivity index (χ1n) is 13.9. The van der Waals surface area contributed by atoms with Crippen LogP contribution in [0.3, 0.4) is 0 Å². The van der Waals surface area contributed by atoms with E-state index in [0.29, 0.717) is 17.7 Å². The van der Waals surface area contributed by atoms with Gasteiger partial charge in [-0.15, -0.1) is 0 Å². The van der Waals surface area contributed by atoms with Crippen molar-refractivity contribution < 1.29 is 19.2 Å². The zero-order valence-corrected chi connectivity index (χ0v) is 22.3. The molecule has 6 rings (SSSR count). The van der Waals surface area contributed by atoms with Crippen molar-refractivity contribution in [1.82, 2.24) is 20.0 Å². The number of carbonyl (C=O) groups is 4. The summed E-state index contributed by atoms with van der Waals surface area (Å²) in [5.41, 5.74) is 4.17. The van der Waals surface area contributed by atoms with Gasteiger partial charge in [-0.2, -0.15) is 0 Å². The van der Waals surface area contributed by atoms with Gasteiger partial charge in [0.1, 0.15) is 6.04 Å². The number of hydrogen-bond acceptors (Lipinski definition) is 6. The van der Waals surface area contributed by atoms with Crippen LogP contribution in [0, 0.1) is 0 Å². The summed E-state index contributed by atoms with van der Waals surface area (Å²) in [5, 5.41) is 2.24. The van der Waals surface area contributed by atoms with E-state index in [0.717, 1.165) is 43.1 Å². The quantitative estimate of drug-likeness (QED) is 0.486. The smallest absolute Gasteiger partial charge is 0.262 e. The number of carbonyl (C=O) groups excluding carboxylic acids is 4. The molecule has 0 bridgehead atoms. The number of imide groups is 2. The highest BCUT2D eigenvalue weighted by atomic mass is 16.2. The average Bonchev–Trinajstić information content (AvgIpc) is 3.09. The maximum absolute atomic E-state index is 13.2. The Labute approximate surface area is 233 Å². The van der Waals surface area contributed by atoms with E-state index in [1.807, 2.05) is 6.07 Å². The van der Waals surface area contributed by atoms with Gasteiger partial charge >= 0.3 is 0 Å². The molecule has 4 amide bonds. The van der Waals surface area contributed by atoms with E-state index >= 15 is 0 Å². The molecule has 2 saturated heterocycles. The van der Waals surface area contributed by atoms with E-state index in [9.17, 15) is 19.2 Å². The van der Waals surface area contributed by atoms with Crippen molar-refractivity contribution in [2.24, 2.45) is 0 Å². The number of amides is 4. The standard InChI is InChI=1S/C32H32N4O4/c37-28-15-14-27(30(38)33-28)36-31(39)25-13-12-22(20-26(25)32(36)40)21-34-16-7-17-35(19-18-34)29(23-8-3-1-4-9-23)24-10-5-2-6-11-24/h1-6,8-13,20,27,29H,7,14-19,21H2,(H,33,37,38). The molecule has 1 unspecified atom stereocenters. The normalized spacial score (nSPS) is 20.5. The number of rotatable bonds is 6. The minimum atomic E-state index is -0.952. The molecule has 0 aliphatic carbocycles. The second-order valence-corrected chi connectivity index (χ2v) is 10.7. The molecule has 3 aromatic rings. The Morgan fingerprint density at radius 2 is 1.43 bits per heavy atom. The molecule has 1 atom stereocenters. The number of nitrogens with one attached hydrogen (secondary N) is 1. The Bertz CT molecular complexity index is 1400. The van der Waals surface area contributed by atoms with Crippen molar-refractivity contribution in [3.8, 4) is 0 Å². The first kappa shape index (κ1) is 26.1. The predicted molar refractivity (Wildman–Crippen MR) is 149 cm³/mol. The third kappa shape index (κ3) is 5.08. The lowest BCUT2D eigenvalue weighted by atomic mass is 9.97. The molecule has 3 aliphatic heterocycles. The summed E-state index contributed by atoms with van der Waals surface area (Å²) >= 11 is 0. The monoisotopic (exact) mass is 536 g/mol. The maximum Gasteiger partial charge on any atom is 0.262 e. The lowest BCUT2D eigenvalue weighted by Gasteiger charge is -2.31. The van der Waals surface area contributed by atoms with Crippen LogP contribution in [0.5, 0.6) is 0 Å². The lowest BCUT2D eigenvalue weighted by Crippen LogP contribution is -2.54. The van der Waals surface area contributed by atoms with Gasteiger partial charge < -0.3 is 0 Å². The van der Waals surface area contributed by atoms with Crippen molar-refractivity contribution in [3.05, 3.63) is 107 Å². The Kier molecular flexibility index (Phi) is 7.28. The summed E-state index contributed by atoms with van der Waals surface area (Å²) in [6, 6.07) is 25.9. The molecule has 0 radical (unpaired) electrons. The van der Waals surface area contributed by atoms with Crippen LogP contribution < -0.4 is 5.32 Å². The van der Waals surface area contributed by atoms with Gasteiger partial charge in [0.15, 0.2) is 0 Å². The summed E-state index contributed by atoms with van der Waals surface area (Å²) in [4.78, 5) is 56.2. The fourth-order valence-corrected chi connectivity index (χ4v) is 6.17. The van der Waals surface area contributed by atoms with Crippen molar-refractivity contribution >= 4 is 23.6 Å². The number of fused-ring (bicyclic) bond motifs is 1. The van der Waals surface area contributed by atoms with Gasteiger partial charge in [0.2, 0.25) is 11.8 Å². The van der Waals surface area contributed by atoms with Gasteiger partial charge in [-0.25, -0.2) is 0 Å². The highest BCUT2D eigenvalue weighted by molar-refractivity contribution is 6.23. The molecule has 40 heavy (non-hydrogen) atoms. The van der Waals surface area contributed by atoms with Gasteiger partial charge in [0, 0.05) is 32.6 Å². The topological polar surface area (TPSA) is 90.0 Å². The minimum Gasteiger partial charge on any atom is -0.298 e. The van der Waals surface area contributed by atoms with Gasteiger partial charge in [0.05, 0.1) is 17.2 Å². The molecule has 3 heterocycles. The largest absolute Gasteiger partial charge is 0.298 e. The molecule has 0 aromatic heterocycles. The van der Waals surface area contributed by atoms with Crippen LogP contribution in [0.4, 0.5) is 0 Å². The van der Waals surface area contributed by atoms with Crippen LogP contribution in [0.1, 0.15) is 62.7 Å². The van der Waals surface area contributed by atoms with E-state index in [2.05, 4.69) is 75.8 Å². The molecular formula is C32H32N4O4. The summed E-state index contributed by atoms with van der Waals surface area (Å²) < 4.78 is 0. The fraction of sp³-hybridized carbons (Fsp3) is 0.312. The molecule has 3 aromatic carbocycles. The Morgan fingerprint density at radius 1 is 0.750 bits per heavy atom. The number of benzene rings is 3. The molecule has 2 fully saturated rings. The summed E-state index contributed by atoms with van der Waals surface area (Å²) in [6.45, 7) is 4.35. The molecule has 0 spiro atoms. The van der Waals surface area contributed by atoms with Gasteiger partial charge in [-0.3, -0.25) is 39.2 Å². The second kappa shape index (κ2) is 11.2. The summed E-state index contributed by atoms with van der Waals surface area (Å²) in [6.07, 6.45) is 1.28. The van der Waals surface area contributed by atoms with Crippen LogP contribution in [-0.4, -0.2) is 70.5 Å². The van der Waals surface area contributed by atoms with E-state index in [4.69, 9.17) is 0 Å². The fourth-order valence-electron chi connectivity index (χ4n) is 6.17. The third-order valence-electron chi connectivity index (χ3n) is 8.13. The Balaban J connectivity index is 1.16. The minimum absolute atomic E-state index is 0.108. The zero-order chi connectivity index (χ0) is 27.6. The molecule has 0 saturated carbocycles. The van der Waals surface area contributed by atoms with Crippen molar-refractivity contribution in [2.75, 3.05) is 26.2 Å². The van der Waals surface area contributed by atoms with Crippen LogP contribution in [0.25, 0.3) is 0 Å². The Hall–Kier alpha value is -4.14. The molecule has 8 nitrogen and oxygen atoms in total. The van der Waals surface area contributed by atoms with Gasteiger partial charge in [-0.05, 0) is 48.2 Å². The van der Waals surface area contributed by atoms with Gasteiger partial charge in [0.25, 0.3) is 11.8 Å². The van der Waals surface area contributed by atoms with Crippen molar-refractivity contribution in [2.45, 2.75) is 37.9 Å². The summed E-state index contributed by atoms with van der Waals surface area (Å²) in [7, 11) is 0. The SMILES string of the molecule is O=C1CCC(N2C(=O)c3ccc(CN4CCCN(C(c5ccccc5)c5ccccc5)CC4)cc3C2=O)C(=O)N1. The zero-order valence-electron chi connectivity index (χ0n) is 22.3. The number of nitrogens with zero attached hydrogens (tertiary/aromatic N) is 3. The molecule has 204 valence electrons. The van der Waals surface area contributed by atoms with E-state index in [1.54, 1.807) is 12.1 Å². The first-order chi connectivity index (χ1) is 19.5. The molecule has 3 aliphatic rings. The number of piperidine rings is 1. The van der Waals surface area contributed by atoms with Gasteiger partial charge in [-0.1, -0.05) is 66.7 Å². The van der Waals surface area contributed by atoms with Crippen LogP contribution in [-0.2, 0) is 16.1 Å². The maximum atomic E-state index is 13.2.